The molecule has 1 saturated heterocycles. The normalized spacial score (nSPS) is 18.3. The van der Waals surface area contributed by atoms with E-state index in [-0.39, 0.29) is 42.3 Å². The fourth-order valence-corrected chi connectivity index (χ4v) is 3.53. The topological polar surface area (TPSA) is 77.7 Å². The van der Waals surface area contributed by atoms with Crippen LogP contribution >= 0.6 is 0 Å². The van der Waals surface area contributed by atoms with Gasteiger partial charge in [0.25, 0.3) is 0 Å². The Morgan fingerprint density at radius 2 is 1.90 bits per heavy atom. The Morgan fingerprint density at radius 3 is 2.73 bits per heavy atom. The number of hydrogen-bond donors (Lipinski definition) is 0. The molecule has 1 amide bonds. The lowest BCUT2D eigenvalue weighted by Crippen LogP contribution is -2.24. The molecular weight excluding hydrogens is 403 g/mol. The third kappa shape index (κ3) is 3.23. The average molecular weight is 417 g/mol. The van der Waals surface area contributed by atoms with Crippen LogP contribution in [-0.2, 0) is 11.0 Å². The van der Waals surface area contributed by atoms with Crippen molar-refractivity contribution in [2.75, 3.05) is 18.2 Å². The first-order valence-corrected chi connectivity index (χ1v) is 9.10. The maximum atomic E-state index is 12.9. The third-order valence-electron chi connectivity index (χ3n) is 5.03. The summed E-state index contributed by atoms with van der Waals surface area (Å²) in [7, 11) is 0. The molecule has 0 aliphatic carbocycles. The molecule has 3 aromatic rings. The summed E-state index contributed by atoms with van der Waals surface area (Å²) in [6.45, 7) is 0.443. The zero-order valence-corrected chi connectivity index (χ0v) is 15.3. The Hall–Kier alpha value is -3.56. The van der Waals surface area contributed by atoms with Crippen LogP contribution in [0.5, 0.6) is 11.5 Å². The molecule has 1 fully saturated rings. The summed E-state index contributed by atoms with van der Waals surface area (Å²) < 4.78 is 54.7. The lowest BCUT2D eigenvalue weighted by atomic mass is 10.1. The number of rotatable bonds is 3. The first-order chi connectivity index (χ1) is 14.4. The molecule has 5 rings (SSSR count). The predicted octanol–water partition coefficient (Wildman–Crippen LogP) is 4.00. The van der Waals surface area contributed by atoms with Gasteiger partial charge in [-0.15, -0.1) is 0 Å². The maximum Gasteiger partial charge on any atom is 0.416 e. The largest absolute Gasteiger partial charge is 0.454 e. The minimum atomic E-state index is -4.47. The van der Waals surface area contributed by atoms with Crippen LogP contribution in [-0.4, -0.2) is 29.4 Å². The van der Waals surface area contributed by atoms with E-state index in [4.69, 9.17) is 14.0 Å². The highest BCUT2D eigenvalue weighted by atomic mass is 19.4. The van der Waals surface area contributed by atoms with Crippen LogP contribution < -0.4 is 14.4 Å². The van der Waals surface area contributed by atoms with Crippen LogP contribution in [0.4, 0.5) is 18.9 Å². The second-order valence-electron chi connectivity index (χ2n) is 6.98. The zero-order chi connectivity index (χ0) is 20.9. The number of ether oxygens (including phenoxy) is 2. The molecule has 1 atom stereocenters. The Balaban J connectivity index is 1.37. The minimum absolute atomic E-state index is 0.0464. The number of carbonyl (C=O) groups excluding carboxylic acids is 1. The predicted molar refractivity (Wildman–Crippen MR) is 97.0 cm³/mol. The fraction of sp³-hybridized carbons (Fsp3) is 0.250. The lowest BCUT2D eigenvalue weighted by Gasteiger charge is -2.16. The Kier molecular flexibility index (Phi) is 4.16. The highest BCUT2D eigenvalue weighted by Crippen LogP contribution is 2.39. The second kappa shape index (κ2) is 6.75. The molecule has 0 radical (unpaired) electrons. The van der Waals surface area contributed by atoms with Crippen molar-refractivity contribution in [2.24, 2.45) is 0 Å². The number of nitrogens with zero attached hydrogens (tertiary/aromatic N) is 3. The average Bonchev–Trinajstić information content (AvgIpc) is 3.46. The van der Waals surface area contributed by atoms with Crippen LogP contribution in [0.15, 0.2) is 47.0 Å². The molecule has 2 aliphatic heterocycles. The van der Waals surface area contributed by atoms with E-state index in [0.717, 1.165) is 12.1 Å². The molecule has 7 nitrogen and oxygen atoms in total. The summed E-state index contributed by atoms with van der Waals surface area (Å²) in [5.41, 5.74) is 0.0533. The molecule has 10 heteroatoms. The van der Waals surface area contributed by atoms with E-state index in [1.54, 1.807) is 23.1 Å². The number of amides is 1. The van der Waals surface area contributed by atoms with Gasteiger partial charge in [0.15, 0.2) is 11.5 Å². The molecule has 2 aromatic carbocycles. The molecule has 0 spiro atoms. The molecule has 0 N–H and O–H groups in total. The van der Waals surface area contributed by atoms with E-state index in [1.807, 2.05) is 0 Å². The van der Waals surface area contributed by atoms with Crippen LogP contribution in [0.3, 0.4) is 0 Å². The molecular formula is C20H14F3N3O4. The van der Waals surface area contributed by atoms with Gasteiger partial charge in [-0.2, -0.15) is 18.2 Å². The van der Waals surface area contributed by atoms with E-state index in [0.29, 0.717) is 23.7 Å². The quantitative estimate of drug-likeness (QED) is 0.641. The van der Waals surface area contributed by atoms with E-state index in [2.05, 4.69) is 10.1 Å². The summed E-state index contributed by atoms with van der Waals surface area (Å²) in [5.74, 6) is 0.940. The SMILES string of the molecule is O=C1CC(c2nc(-c3cccc(C(F)(F)F)c3)no2)CN1c1ccc2c(c1)OCO2. The van der Waals surface area contributed by atoms with Gasteiger partial charge in [0, 0.05) is 30.3 Å². The molecule has 0 saturated carbocycles. The number of benzene rings is 2. The number of halogens is 3. The first kappa shape index (κ1) is 18.5. The summed E-state index contributed by atoms with van der Waals surface area (Å²) in [5, 5.41) is 3.80. The van der Waals surface area contributed by atoms with Gasteiger partial charge in [-0.05, 0) is 24.3 Å². The minimum Gasteiger partial charge on any atom is -0.454 e. The monoisotopic (exact) mass is 417 g/mol. The van der Waals surface area contributed by atoms with Crippen LogP contribution in [0.1, 0.15) is 23.8 Å². The van der Waals surface area contributed by atoms with Gasteiger partial charge in [-0.3, -0.25) is 4.79 Å². The van der Waals surface area contributed by atoms with Crippen molar-refractivity contribution in [3.05, 3.63) is 53.9 Å². The summed E-state index contributed by atoms with van der Waals surface area (Å²) in [6.07, 6.45) is -4.32. The van der Waals surface area contributed by atoms with Crippen molar-refractivity contribution >= 4 is 11.6 Å². The number of fused-ring (bicyclic) bond motifs is 1. The summed E-state index contributed by atoms with van der Waals surface area (Å²) >= 11 is 0. The van der Waals surface area contributed by atoms with E-state index in [9.17, 15) is 18.0 Å². The van der Waals surface area contributed by atoms with Gasteiger partial charge in [-0.1, -0.05) is 17.3 Å². The van der Waals surface area contributed by atoms with Crippen LogP contribution in [0.2, 0.25) is 0 Å². The number of alkyl halides is 3. The molecule has 1 unspecified atom stereocenters. The van der Waals surface area contributed by atoms with Gasteiger partial charge in [0.1, 0.15) is 0 Å². The van der Waals surface area contributed by atoms with Gasteiger partial charge in [0.05, 0.1) is 11.5 Å². The summed E-state index contributed by atoms with van der Waals surface area (Å²) in [4.78, 5) is 18.4. The number of hydrogen-bond acceptors (Lipinski definition) is 6. The number of aromatic nitrogens is 2. The molecule has 3 heterocycles. The second-order valence-corrected chi connectivity index (χ2v) is 6.98. The first-order valence-electron chi connectivity index (χ1n) is 9.10. The van der Waals surface area contributed by atoms with Crippen molar-refractivity contribution in [3.63, 3.8) is 0 Å². The number of carbonyl (C=O) groups is 1. The van der Waals surface area contributed by atoms with Crippen molar-refractivity contribution in [1.82, 2.24) is 10.1 Å². The number of anilines is 1. The molecule has 1 aromatic heterocycles. The van der Waals surface area contributed by atoms with Crippen LogP contribution in [0, 0.1) is 0 Å². The van der Waals surface area contributed by atoms with Gasteiger partial charge in [0.2, 0.25) is 24.4 Å². The lowest BCUT2D eigenvalue weighted by molar-refractivity contribution is -0.137. The Labute approximate surface area is 168 Å². The van der Waals surface area contributed by atoms with Gasteiger partial charge in [-0.25, -0.2) is 0 Å². The Morgan fingerprint density at radius 1 is 1.07 bits per heavy atom. The highest BCUT2D eigenvalue weighted by molar-refractivity contribution is 5.96. The molecule has 0 bridgehead atoms. The van der Waals surface area contributed by atoms with Crippen molar-refractivity contribution < 1.29 is 32.0 Å². The van der Waals surface area contributed by atoms with E-state index in [1.165, 1.54) is 12.1 Å². The molecule has 154 valence electrons. The van der Waals surface area contributed by atoms with E-state index < -0.39 is 11.7 Å². The van der Waals surface area contributed by atoms with Crippen molar-refractivity contribution in [1.29, 1.82) is 0 Å². The molecule has 2 aliphatic rings. The van der Waals surface area contributed by atoms with Crippen LogP contribution in [0.25, 0.3) is 11.4 Å². The third-order valence-corrected chi connectivity index (χ3v) is 5.03. The zero-order valence-electron chi connectivity index (χ0n) is 15.3. The highest BCUT2D eigenvalue weighted by Gasteiger charge is 2.36. The molecule has 30 heavy (non-hydrogen) atoms. The van der Waals surface area contributed by atoms with Gasteiger partial charge >= 0.3 is 6.18 Å². The van der Waals surface area contributed by atoms with Crippen molar-refractivity contribution in [2.45, 2.75) is 18.5 Å². The maximum absolute atomic E-state index is 12.9. The Bertz CT molecular complexity index is 1130. The summed E-state index contributed by atoms with van der Waals surface area (Å²) in [6, 6.07) is 9.92. The van der Waals surface area contributed by atoms with E-state index >= 15 is 0 Å². The smallest absolute Gasteiger partial charge is 0.416 e. The van der Waals surface area contributed by atoms with Gasteiger partial charge < -0.3 is 18.9 Å². The fourth-order valence-electron chi connectivity index (χ4n) is 3.53. The standard InChI is InChI=1S/C20H14F3N3O4/c21-20(22,23)13-3-1-2-11(6-13)18-24-19(30-25-18)12-7-17(27)26(9-12)14-4-5-15-16(8-14)29-10-28-15/h1-6,8,12H,7,9-10H2. The van der Waals surface area contributed by atoms with Crippen molar-refractivity contribution in [3.8, 4) is 22.9 Å².